The molecule has 0 aromatic heterocycles. The third kappa shape index (κ3) is 2.93. The standard InChI is InChI=1S/C16H16FNO/c17-14-6-3-7-16(9-14)19-11-15-8-12-4-1-2-5-13(12)10-18-15/h1-7,9,15,18H,8,10-11H2/t15-/m0/s1. The number of fused-ring (bicyclic) bond motifs is 1. The zero-order valence-corrected chi connectivity index (χ0v) is 10.6. The highest BCUT2D eigenvalue weighted by Crippen LogP contribution is 2.18. The van der Waals surface area contributed by atoms with E-state index in [-0.39, 0.29) is 11.9 Å². The summed E-state index contributed by atoms with van der Waals surface area (Å²) in [7, 11) is 0. The van der Waals surface area contributed by atoms with Gasteiger partial charge in [-0.25, -0.2) is 4.39 Å². The van der Waals surface area contributed by atoms with Crippen LogP contribution in [-0.4, -0.2) is 12.6 Å². The van der Waals surface area contributed by atoms with E-state index in [1.54, 1.807) is 12.1 Å². The van der Waals surface area contributed by atoms with Gasteiger partial charge in [0.2, 0.25) is 0 Å². The van der Waals surface area contributed by atoms with Crippen molar-refractivity contribution in [2.24, 2.45) is 0 Å². The van der Waals surface area contributed by atoms with Crippen LogP contribution in [0.25, 0.3) is 0 Å². The lowest BCUT2D eigenvalue weighted by atomic mass is 9.96. The Kier molecular flexibility index (Phi) is 3.47. The molecule has 19 heavy (non-hydrogen) atoms. The van der Waals surface area contributed by atoms with Crippen molar-refractivity contribution in [1.29, 1.82) is 0 Å². The van der Waals surface area contributed by atoms with E-state index in [1.165, 1.54) is 23.3 Å². The first-order valence-electron chi connectivity index (χ1n) is 6.50. The van der Waals surface area contributed by atoms with E-state index in [4.69, 9.17) is 4.74 Å². The quantitative estimate of drug-likeness (QED) is 0.913. The first-order chi connectivity index (χ1) is 9.31. The Labute approximate surface area is 112 Å². The zero-order valence-electron chi connectivity index (χ0n) is 10.6. The minimum atomic E-state index is -0.264. The number of hydrogen-bond donors (Lipinski definition) is 1. The minimum absolute atomic E-state index is 0.264. The summed E-state index contributed by atoms with van der Waals surface area (Å²) in [5.74, 6) is 0.320. The molecule has 0 aliphatic carbocycles. The van der Waals surface area contributed by atoms with E-state index in [0.717, 1.165) is 13.0 Å². The normalized spacial score (nSPS) is 17.8. The second-order valence-electron chi connectivity index (χ2n) is 4.82. The molecule has 1 N–H and O–H groups in total. The van der Waals surface area contributed by atoms with Crippen LogP contribution in [0.5, 0.6) is 5.75 Å². The second-order valence-corrected chi connectivity index (χ2v) is 4.82. The SMILES string of the molecule is Fc1cccc(OC[C@@H]2Cc3ccccc3CN2)c1. The fourth-order valence-corrected chi connectivity index (χ4v) is 2.39. The summed E-state index contributed by atoms with van der Waals surface area (Å²) in [6.45, 7) is 1.42. The third-order valence-electron chi connectivity index (χ3n) is 3.41. The average Bonchev–Trinajstić information content (AvgIpc) is 2.45. The highest BCUT2D eigenvalue weighted by molar-refractivity contribution is 5.30. The highest BCUT2D eigenvalue weighted by Gasteiger charge is 2.17. The monoisotopic (exact) mass is 257 g/mol. The van der Waals surface area contributed by atoms with E-state index in [0.29, 0.717) is 12.4 Å². The van der Waals surface area contributed by atoms with Gasteiger partial charge in [-0.15, -0.1) is 0 Å². The molecule has 3 heteroatoms. The summed E-state index contributed by atoms with van der Waals surface area (Å²) >= 11 is 0. The smallest absolute Gasteiger partial charge is 0.126 e. The zero-order chi connectivity index (χ0) is 13.1. The predicted octanol–water partition coefficient (Wildman–Crippen LogP) is 2.92. The predicted molar refractivity (Wildman–Crippen MR) is 72.7 cm³/mol. The van der Waals surface area contributed by atoms with Crippen LogP contribution in [0.15, 0.2) is 48.5 Å². The number of halogens is 1. The molecule has 1 heterocycles. The molecule has 1 atom stereocenters. The maximum absolute atomic E-state index is 13.0. The number of benzene rings is 2. The van der Waals surface area contributed by atoms with E-state index in [2.05, 4.69) is 29.6 Å². The number of rotatable bonds is 3. The fraction of sp³-hybridized carbons (Fsp3) is 0.250. The molecular weight excluding hydrogens is 241 g/mol. The number of hydrogen-bond acceptors (Lipinski definition) is 2. The summed E-state index contributed by atoms with van der Waals surface area (Å²) in [6.07, 6.45) is 0.950. The molecule has 2 nitrogen and oxygen atoms in total. The van der Waals surface area contributed by atoms with Gasteiger partial charge in [-0.2, -0.15) is 0 Å². The maximum atomic E-state index is 13.0. The number of ether oxygens (including phenoxy) is 1. The van der Waals surface area contributed by atoms with Gasteiger partial charge in [-0.1, -0.05) is 30.3 Å². The Morgan fingerprint density at radius 1 is 1.11 bits per heavy atom. The first-order valence-corrected chi connectivity index (χ1v) is 6.50. The van der Waals surface area contributed by atoms with E-state index in [9.17, 15) is 4.39 Å². The van der Waals surface area contributed by atoms with Gasteiger partial charge in [0.1, 0.15) is 18.2 Å². The summed E-state index contributed by atoms with van der Waals surface area (Å²) in [4.78, 5) is 0. The lowest BCUT2D eigenvalue weighted by Gasteiger charge is -2.26. The van der Waals surface area contributed by atoms with E-state index < -0.39 is 0 Å². The molecule has 3 rings (SSSR count). The summed E-state index contributed by atoms with van der Waals surface area (Å²) < 4.78 is 18.7. The maximum Gasteiger partial charge on any atom is 0.126 e. The van der Waals surface area contributed by atoms with Crippen molar-refractivity contribution < 1.29 is 9.13 Å². The topological polar surface area (TPSA) is 21.3 Å². The molecular formula is C16H16FNO. The van der Waals surface area contributed by atoms with Gasteiger partial charge in [0.25, 0.3) is 0 Å². The molecule has 2 aromatic rings. The van der Waals surface area contributed by atoms with Crippen LogP contribution < -0.4 is 10.1 Å². The molecule has 0 fully saturated rings. The fourth-order valence-electron chi connectivity index (χ4n) is 2.39. The van der Waals surface area contributed by atoms with Crippen molar-refractivity contribution in [1.82, 2.24) is 5.32 Å². The van der Waals surface area contributed by atoms with Crippen molar-refractivity contribution in [2.45, 2.75) is 19.0 Å². The van der Waals surface area contributed by atoms with Crippen molar-refractivity contribution in [3.05, 3.63) is 65.5 Å². The van der Waals surface area contributed by atoms with Gasteiger partial charge < -0.3 is 10.1 Å². The Hall–Kier alpha value is -1.87. The highest BCUT2D eigenvalue weighted by atomic mass is 19.1. The van der Waals surface area contributed by atoms with Crippen LogP contribution in [0.1, 0.15) is 11.1 Å². The van der Waals surface area contributed by atoms with Crippen molar-refractivity contribution in [2.75, 3.05) is 6.61 Å². The molecule has 0 saturated carbocycles. The largest absolute Gasteiger partial charge is 0.492 e. The van der Waals surface area contributed by atoms with Crippen molar-refractivity contribution in [3.63, 3.8) is 0 Å². The third-order valence-corrected chi connectivity index (χ3v) is 3.41. The molecule has 98 valence electrons. The summed E-state index contributed by atoms with van der Waals surface area (Å²) in [5.41, 5.74) is 2.72. The average molecular weight is 257 g/mol. The molecule has 1 aliphatic heterocycles. The van der Waals surface area contributed by atoms with Crippen LogP contribution >= 0.6 is 0 Å². The van der Waals surface area contributed by atoms with Crippen molar-refractivity contribution in [3.8, 4) is 5.75 Å². The van der Waals surface area contributed by atoms with Crippen LogP contribution in [0.4, 0.5) is 4.39 Å². The van der Waals surface area contributed by atoms with E-state index >= 15 is 0 Å². The Morgan fingerprint density at radius 3 is 2.79 bits per heavy atom. The molecule has 0 radical (unpaired) electrons. The van der Waals surface area contributed by atoms with Gasteiger partial charge in [0, 0.05) is 18.7 Å². The minimum Gasteiger partial charge on any atom is -0.492 e. The van der Waals surface area contributed by atoms with Gasteiger partial charge in [0.05, 0.1) is 0 Å². The Balaban J connectivity index is 1.61. The van der Waals surface area contributed by atoms with Crippen molar-refractivity contribution >= 4 is 0 Å². The molecule has 0 saturated heterocycles. The Morgan fingerprint density at radius 2 is 1.95 bits per heavy atom. The number of nitrogens with one attached hydrogen (secondary N) is 1. The summed E-state index contributed by atoms with van der Waals surface area (Å²) in [5, 5.41) is 3.44. The molecule has 0 unspecified atom stereocenters. The van der Waals surface area contributed by atoms with Gasteiger partial charge in [0.15, 0.2) is 0 Å². The first kappa shape index (κ1) is 12.2. The van der Waals surface area contributed by atoms with Crippen LogP contribution in [0.3, 0.4) is 0 Å². The molecule has 0 bridgehead atoms. The van der Waals surface area contributed by atoms with Crippen LogP contribution in [0.2, 0.25) is 0 Å². The molecule has 0 amide bonds. The van der Waals surface area contributed by atoms with Gasteiger partial charge in [-0.3, -0.25) is 0 Å². The second kappa shape index (κ2) is 5.41. The van der Waals surface area contributed by atoms with Crippen LogP contribution in [0, 0.1) is 5.82 Å². The summed E-state index contributed by atoms with van der Waals surface area (Å²) in [6, 6.07) is 15.0. The van der Waals surface area contributed by atoms with Gasteiger partial charge >= 0.3 is 0 Å². The lowest BCUT2D eigenvalue weighted by Crippen LogP contribution is -2.39. The molecule has 0 spiro atoms. The van der Waals surface area contributed by atoms with Gasteiger partial charge in [-0.05, 0) is 29.7 Å². The Bertz CT molecular complexity index is 570. The van der Waals surface area contributed by atoms with E-state index in [1.807, 2.05) is 0 Å². The lowest BCUT2D eigenvalue weighted by molar-refractivity contribution is 0.255. The molecule has 2 aromatic carbocycles. The molecule has 1 aliphatic rings. The van der Waals surface area contributed by atoms with Crippen LogP contribution in [-0.2, 0) is 13.0 Å².